The van der Waals surface area contributed by atoms with E-state index in [2.05, 4.69) is 28.7 Å². The second kappa shape index (κ2) is 7.56. The van der Waals surface area contributed by atoms with Gasteiger partial charge in [-0.15, -0.1) is 0 Å². The van der Waals surface area contributed by atoms with Crippen molar-refractivity contribution in [2.24, 2.45) is 10.9 Å². The van der Waals surface area contributed by atoms with E-state index >= 15 is 0 Å². The number of aliphatic imine (C=N–C) groups is 1. The van der Waals surface area contributed by atoms with E-state index in [1.165, 1.54) is 0 Å². The van der Waals surface area contributed by atoms with Crippen molar-refractivity contribution in [2.75, 3.05) is 39.9 Å². The van der Waals surface area contributed by atoms with E-state index in [1.54, 1.807) is 0 Å². The molecule has 1 aliphatic heterocycles. The highest BCUT2D eigenvalue weighted by atomic mass is 35.5. The maximum atomic E-state index is 5.73. The van der Waals surface area contributed by atoms with Crippen LogP contribution in [0.2, 0.25) is 0 Å². The lowest BCUT2D eigenvalue weighted by Crippen LogP contribution is -2.41. The van der Waals surface area contributed by atoms with Crippen LogP contribution in [-0.4, -0.2) is 50.8 Å². The molecule has 4 nitrogen and oxygen atoms in total. The molecule has 0 aliphatic carbocycles. The summed E-state index contributed by atoms with van der Waals surface area (Å²) in [5.74, 6) is 1.48. The molecule has 1 aliphatic rings. The Hall–Kier alpha value is -0.740. The van der Waals surface area contributed by atoms with Crippen molar-refractivity contribution in [1.29, 1.82) is 0 Å². The van der Waals surface area contributed by atoms with Crippen LogP contribution in [0.1, 0.15) is 13.3 Å². The first-order chi connectivity index (χ1) is 8.13. The number of hydrogen-bond acceptors (Lipinski definition) is 2. The van der Waals surface area contributed by atoms with Crippen LogP contribution in [0.5, 0.6) is 0 Å². The van der Waals surface area contributed by atoms with Crippen LogP contribution < -0.4 is 5.32 Å². The van der Waals surface area contributed by atoms with E-state index in [4.69, 9.17) is 16.3 Å². The molecule has 0 radical (unpaired) electrons. The Morgan fingerprint density at radius 2 is 2.41 bits per heavy atom. The molecule has 0 aromatic heterocycles. The topological polar surface area (TPSA) is 36.9 Å². The summed E-state index contributed by atoms with van der Waals surface area (Å²) in [5, 5.41) is 3.80. The van der Waals surface area contributed by atoms with Crippen molar-refractivity contribution < 1.29 is 4.74 Å². The molecule has 1 atom stereocenters. The molecule has 1 unspecified atom stereocenters. The van der Waals surface area contributed by atoms with Crippen molar-refractivity contribution in [1.82, 2.24) is 10.2 Å². The molecule has 1 saturated heterocycles. The van der Waals surface area contributed by atoms with Gasteiger partial charge < -0.3 is 15.0 Å². The fourth-order valence-electron chi connectivity index (χ4n) is 1.83. The number of nitrogens with zero attached hydrogens (tertiary/aromatic N) is 2. The predicted octanol–water partition coefficient (Wildman–Crippen LogP) is 1.67. The third-order valence-corrected chi connectivity index (χ3v) is 2.77. The van der Waals surface area contributed by atoms with Crippen molar-refractivity contribution in [3.63, 3.8) is 0 Å². The van der Waals surface area contributed by atoms with Gasteiger partial charge in [-0.2, -0.15) is 0 Å². The van der Waals surface area contributed by atoms with Gasteiger partial charge in [-0.3, -0.25) is 0 Å². The summed E-state index contributed by atoms with van der Waals surface area (Å²) in [6.07, 6.45) is 1.13. The predicted molar refractivity (Wildman–Crippen MR) is 72.5 cm³/mol. The van der Waals surface area contributed by atoms with Crippen LogP contribution >= 0.6 is 11.6 Å². The quantitative estimate of drug-likeness (QED) is 0.603. The molecule has 0 spiro atoms. The molecule has 5 heteroatoms. The minimum absolute atomic E-state index is 0.454. The van der Waals surface area contributed by atoms with Crippen LogP contribution in [-0.2, 0) is 4.74 Å². The lowest BCUT2D eigenvalue weighted by molar-refractivity contribution is 0.181. The number of nitrogens with one attached hydrogen (secondary N) is 1. The molecular formula is C12H22ClN3O. The zero-order valence-electron chi connectivity index (χ0n) is 10.7. The van der Waals surface area contributed by atoms with Gasteiger partial charge in [0.05, 0.1) is 13.2 Å². The van der Waals surface area contributed by atoms with Crippen molar-refractivity contribution in [2.45, 2.75) is 13.3 Å². The van der Waals surface area contributed by atoms with Crippen molar-refractivity contribution in [3.05, 3.63) is 11.6 Å². The van der Waals surface area contributed by atoms with Gasteiger partial charge in [-0.25, -0.2) is 4.99 Å². The Morgan fingerprint density at radius 1 is 1.65 bits per heavy atom. The molecule has 0 bridgehead atoms. The second-order valence-electron chi connectivity index (χ2n) is 4.30. The highest BCUT2D eigenvalue weighted by Gasteiger charge is 2.18. The lowest BCUT2D eigenvalue weighted by Gasteiger charge is -2.24. The van der Waals surface area contributed by atoms with E-state index in [-0.39, 0.29) is 0 Å². The van der Waals surface area contributed by atoms with Crippen LogP contribution in [0.25, 0.3) is 0 Å². The number of rotatable bonds is 5. The molecule has 1 rings (SSSR count). The zero-order chi connectivity index (χ0) is 12.7. The third-order valence-electron chi connectivity index (χ3n) is 2.65. The number of guanidine groups is 1. The molecule has 98 valence electrons. The van der Waals surface area contributed by atoms with Gasteiger partial charge >= 0.3 is 0 Å². The maximum Gasteiger partial charge on any atom is 0.194 e. The van der Waals surface area contributed by atoms with Crippen LogP contribution in [0.3, 0.4) is 0 Å². The zero-order valence-corrected chi connectivity index (χ0v) is 11.5. The van der Waals surface area contributed by atoms with Gasteiger partial charge in [-0.05, 0) is 13.3 Å². The molecule has 0 amide bonds. The molecular weight excluding hydrogens is 238 g/mol. The van der Waals surface area contributed by atoms with E-state index in [0.29, 0.717) is 17.5 Å². The van der Waals surface area contributed by atoms with Gasteiger partial charge in [0.2, 0.25) is 0 Å². The molecule has 17 heavy (non-hydrogen) atoms. The highest BCUT2D eigenvalue weighted by Crippen LogP contribution is 2.13. The van der Waals surface area contributed by atoms with Gasteiger partial charge in [-0.1, -0.05) is 18.2 Å². The Bertz CT molecular complexity index is 275. The van der Waals surface area contributed by atoms with Gasteiger partial charge in [0, 0.05) is 37.7 Å². The molecule has 1 heterocycles. The second-order valence-corrected chi connectivity index (χ2v) is 4.83. The summed E-state index contributed by atoms with van der Waals surface area (Å²) in [4.78, 5) is 6.54. The molecule has 0 aromatic carbocycles. The SMILES string of the molecule is C=C(Cl)CN=C(NCC)N(C)CC1CCOC1. The van der Waals surface area contributed by atoms with Gasteiger partial charge in [0.15, 0.2) is 5.96 Å². The van der Waals surface area contributed by atoms with Crippen LogP contribution in [0, 0.1) is 5.92 Å². The van der Waals surface area contributed by atoms with Gasteiger partial charge in [0.1, 0.15) is 0 Å². The van der Waals surface area contributed by atoms with Gasteiger partial charge in [0.25, 0.3) is 0 Å². The molecule has 0 saturated carbocycles. The largest absolute Gasteiger partial charge is 0.381 e. The third kappa shape index (κ3) is 5.41. The summed E-state index contributed by atoms with van der Waals surface area (Å²) in [5.41, 5.74) is 0. The average Bonchev–Trinajstić information content (AvgIpc) is 2.76. The Labute approximate surface area is 109 Å². The molecule has 0 aromatic rings. The Kier molecular flexibility index (Phi) is 6.37. The average molecular weight is 260 g/mol. The van der Waals surface area contributed by atoms with Crippen LogP contribution in [0.15, 0.2) is 16.6 Å². The summed E-state index contributed by atoms with van der Waals surface area (Å²) < 4.78 is 5.37. The lowest BCUT2D eigenvalue weighted by atomic mass is 10.1. The van der Waals surface area contributed by atoms with E-state index in [1.807, 2.05) is 7.05 Å². The summed E-state index contributed by atoms with van der Waals surface area (Å²) in [7, 11) is 2.04. The van der Waals surface area contributed by atoms with Crippen LogP contribution in [0.4, 0.5) is 0 Å². The molecule has 1 fully saturated rings. The number of hydrogen-bond donors (Lipinski definition) is 1. The van der Waals surface area contributed by atoms with E-state index < -0.39 is 0 Å². The number of ether oxygens (including phenoxy) is 1. The van der Waals surface area contributed by atoms with Crippen molar-refractivity contribution in [3.8, 4) is 0 Å². The Balaban J connectivity index is 2.49. The normalized spacial score (nSPS) is 20.4. The fourth-order valence-corrected chi connectivity index (χ4v) is 1.89. The highest BCUT2D eigenvalue weighted by molar-refractivity contribution is 6.29. The van der Waals surface area contributed by atoms with Crippen molar-refractivity contribution >= 4 is 17.6 Å². The monoisotopic (exact) mass is 259 g/mol. The first-order valence-corrected chi connectivity index (χ1v) is 6.41. The fraction of sp³-hybridized carbons (Fsp3) is 0.750. The summed E-state index contributed by atoms with van der Waals surface area (Å²) in [6.45, 7) is 9.69. The summed E-state index contributed by atoms with van der Waals surface area (Å²) >= 11 is 5.73. The summed E-state index contributed by atoms with van der Waals surface area (Å²) in [6, 6.07) is 0. The standard InChI is InChI=1S/C12H22ClN3O/c1-4-14-12(15-7-10(2)13)16(3)8-11-5-6-17-9-11/h11H,2,4-9H2,1,3H3,(H,14,15). The Morgan fingerprint density at radius 3 is 2.94 bits per heavy atom. The van der Waals surface area contributed by atoms with E-state index in [9.17, 15) is 0 Å². The minimum Gasteiger partial charge on any atom is -0.381 e. The first kappa shape index (κ1) is 14.3. The number of halogens is 1. The van der Waals surface area contributed by atoms with E-state index in [0.717, 1.165) is 38.7 Å². The minimum atomic E-state index is 0.454. The first-order valence-electron chi connectivity index (χ1n) is 6.04. The smallest absolute Gasteiger partial charge is 0.194 e. The molecule has 1 N–H and O–H groups in total. The maximum absolute atomic E-state index is 5.73.